The van der Waals surface area contributed by atoms with Crippen LogP contribution in [0, 0.1) is 0 Å². The Balaban J connectivity index is 1.86. The summed E-state index contributed by atoms with van der Waals surface area (Å²) in [5.41, 5.74) is 3.17. The molecule has 0 saturated heterocycles. The Kier molecular flexibility index (Phi) is 3.25. The number of aromatic nitrogens is 2. The highest BCUT2D eigenvalue weighted by atomic mass is 32.2. The minimum Gasteiger partial charge on any atom is -0.332 e. The van der Waals surface area contributed by atoms with Gasteiger partial charge in [-0.2, -0.15) is 8.42 Å². The molecule has 0 atom stereocenters. The van der Waals surface area contributed by atoms with E-state index in [9.17, 15) is 8.42 Å². The van der Waals surface area contributed by atoms with Crippen LogP contribution in [0.3, 0.4) is 0 Å². The minimum absolute atomic E-state index is 0.106. The highest BCUT2D eigenvalue weighted by Gasteiger charge is 2.18. The summed E-state index contributed by atoms with van der Waals surface area (Å²) < 4.78 is 27.1. The summed E-state index contributed by atoms with van der Waals surface area (Å²) in [6.07, 6.45) is 5.28. The molecule has 0 amide bonds. The van der Waals surface area contributed by atoms with Gasteiger partial charge in [0.25, 0.3) is 10.0 Å². The predicted molar refractivity (Wildman–Crippen MR) is 77.2 cm³/mol. The van der Waals surface area contributed by atoms with Crippen LogP contribution in [-0.4, -0.2) is 18.4 Å². The Morgan fingerprint density at radius 3 is 2.85 bits per heavy atom. The Morgan fingerprint density at radius 1 is 1.30 bits per heavy atom. The molecule has 2 N–H and O–H groups in total. The van der Waals surface area contributed by atoms with Crippen LogP contribution in [0.4, 0.5) is 5.69 Å². The van der Waals surface area contributed by atoms with Crippen LogP contribution >= 0.6 is 0 Å². The minimum atomic E-state index is -3.59. The lowest BCUT2D eigenvalue weighted by Crippen LogP contribution is -2.13. The lowest BCUT2D eigenvalue weighted by atomic mass is 10.1. The number of hydrogen-bond donors (Lipinski definition) is 2. The van der Waals surface area contributed by atoms with Crippen LogP contribution in [0.2, 0.25) is 0 Å². The maximum atomic E-state index is 12.2. The van der Waals surface area contributed by atoms with Crippen molar-refractivity contribution < 1.29 is 8.42 Å². The van der Waals surface area contributed by atoms with E-state index in [1.807, 2.05) is 25.1 Å². The zero-order valence-corrected chi connectivity index (χ0v) is 12.1. The zero-order valence-electron chi connectivity index (χ0n) is 11.3. The maximum Gasteiger partial charge on any atom is 0.278 e. The van der Waals surface area contributed by atoms with Gasteiger partial charge in [0.15, 0.2) is 5.03 Å². The maximum absolute atomic E-state index is 12.2. The van der Waals surface area contributed by atoms with Gasteiger partial charge in [-0.3, -0.25) is 4.72 Å². The summed E-state index contributed by atoms with van der Waals surface area (Å²) in [5.74, 6) is 0.666. The van der Waals surface area contributed by atoms with E-state index in [1.54, 1.807) is 0 Å². The molecule has 1 aromatic carbocycles. The van der Waals surface area contributed by atoms with E-state index in [0.717, 1.165) is 19.3 Å². The van der Waals surface area contributed by atoms with Gasteiger partial charge in [-0.05, 0) is 42.5 Å². The fourth-order valence-corrected chi connectivity index (χ4v) is 3.50. The van der Waals surface area contributed by atoms with Crippen molar-refractivity contribution in [3.63, 3.8) is 0 Å². The number of anilines is 1. The Bertz CT molecular complexity index is 735. The number of hydrogen-bond acceptors (Lipinski definition) is 3. The van der Waals surface area contributed by atoms with E-state index in [4.69, 9.17) is 0 Å². The molecular weight excluding hydrogens is 274 g/mol. The number of benzene rings is 1. The standard InChI is InChI=1S/C14H17N3O2S/c1-2-13-15-9-14(16-13)20(18,19)17-12-7-6-10-4-3-5-11(10)8-12/h6-9,17H,2-5H2,1H3,(H,15,16). The molecule has 2 aromatic rings. The van der Waals surface area contributed by atoms with Crippen LogP contribution in [0.15, 0.2) is 29.4 Å². The quantitative estimate of drug-likeness (QED) is 0.907. The molecule has 0 aliphatic heterocycles. The van der Waals surface area contributed by atoms with E-state index >= 15 is 0 Å². The van der Waals surface area contributed by atoms with Crippen molar-refractivity contribution in [1.29, 1.82) is 0 Å². The number of aryl methyl sites for hydroxylation is 3. The molecule has 5 nitrogen and oxygen atoms in total. The van der Waals surface area contributed by atoms with Crippen LogP contribution in [-0.2, 0) is 29.3 Å². The number of H-pyrrole nitrogens is 1. The van der Waals surface area contributed by atoms with Gasteiger partial charge >= 0.3 is 0 Å². The second kappa shape index (κ2) is 4.94. The first kappa shape index (κ1) is 13.2. The normalized spacial score (nSPS) is 14.2. The highest BCUT2D eigenvalue weighted by molar-refractivity contribution is 7.92. The summed E-state index contributed by atoms with van der Waals surface area (Å²) in [6, 6.07) is 5.75. The molecule has 0 radical (unpaired) electrons. The topological polar surface area (TPSA) is 74.8 Å². The summed E-state index contributed by atoms with van der Waals surface area (Å²) in [4.78, 5) is 6.84. The summed E-state index contributed by atoms with van der Waals surface area (Å²) >= 11 is 0. The zero-order chi connectivity index (χ0) is 14.2. The van der Waals surface area contributed by atoms with Gasteiger partial charge < -0.3 is 4.98 Å². The SMILES string of the molecule is CCc1ncc(S(=O)(=O)Nc2ccc3c(c2)CCC3)[nH]1. The molecule has 1 aromatic heterocycles. The summed E-state index contributed by atoms with van der Waals surface area (Å²) in [5, 5.41) is 0.106. The predicted octanol–water partition coefficient (Wildman–Crippen LogP) is 2.26. The Morgan fingerprint density at radius 2 is 2.10 bits per heavy atom. The average molecular weight is 291 g/mol. The second-order valence-electron chi connectivity index (χ2n) is 4.99. The number of aromatic amines is 1. The molecule has 20 heavy (non-hydrogen) atoms. The highest BCUT2D eigenvalue weighted by Crippen LogP contribution is 2.26. The molecular formula is C14H17N3O2S. The molecule has 6 heteroatoms. The Labute approximate surface area is 118 Å². The van der Waals surface area contributed by atoms with Crippen molar-refractivity contribution in [1.82, 2.24) is 9.97 Å². The molecule has 0 saturated carbocycles. The second-order valence-corrected chi connectivity index (χ2v) is 6.64. The van der Waals surface area contributed by atoms with Crippen molar-refractivity contribution in [3.05, 3.63) is 41.3 Å². The molecule has 1 aliphatic carbocycles. The number of sulfonamides is 1. The lowest BCUT2D eigenvalue weighted by Gasteiger charge is -2.08. The van der Waals surface area contributed by atoms with E-state index in [0.29, 0.717) is 17.9 Å². The van der Waals surface area contributed by atoms with Gasteiger partial charge in [-0.1, -0.05) is 13.0 Å². The van der Waals surface area contributed by atoms with Crippen LogP contribution < -0.4 is 4.72 Å². The van der Waals surface area contributed by atoms with Gasteiger partial charge in [0.2, 0.25) is 0 Å². The number of rotatable bonds is 4. The van der Waals surface area contributed by atoms with E-state index in [-0.39, 0.29) is 5.03 Å². The monoisotopic (exact) mass is 291 g/mol. The number of nitrogens with zero attached hydrogens (tertiary/aromatic N) is 1. The first-order chi connectivity index (χ1) is 9.58. The summed E-state index contributed by atoms with van der Waals surface area (Å²) in [6.45, 7) is 1.92. The van der Waals surface area contributed by atoms with Gasteiger partial charge in [-0.15, -0.1) is 0 Å². The smallest absolute Gasteiger partial charge is 0.278 e. The van der Waals surface area contributed by atoms with Crippen LogP contribution in [0.1, 0.15) is 30.3 Å². The third-order valence-electron chi connectivity index (χ3n) is 3.58. The third kappa shape index (κ3) is 2.43. The van der Waals surface area contributed by atoms with Crippen molar-refractivity contribution in [3.8, 4) is 0 Å². The van der Waals surface area contributed by atoms with Gasteiger partial charge in [0.1, 0.15) is 5.82 Å². The van der Waals surface area contributed by atoms with Crippen LogP contribution in [0.5, 0.6) is 0 Å². The van der Waals surface area contributed by atoms with Crippen LogP contribution in [0.25, 0.3) is 0 Å². The lowest BCUT2D eigenvalue weighted by molar-refractivity contribution is 0.598. The summed E-state index contributed by atoms with van der Waals surface area (Å²) in [7, 11) is -3.59. The molecule has 106 valence electrons. The van der Waals surface area contributed by atoms with E-state index in [2.05, 4.69) is 14.7 Å². The molecule has 0 fully saturated rings. The van der Waals surface area contributed by atoms with Gasteiger partial charge in [-0.25, -0.2) is 4.98 Å². The van der Waals surface area contributed by atoms with E-state index < -0.39 is 10.0 Å². The fraction of sp³-hybridized carbons (Fsp3) is 0.357. The first-order valence-corrected chi connectivity index (χ1v) is 8.25. The van der Waals surface area contributed by atoms with Crippen molar-refractivity contribution in [2.24, 2.45) is 0 Å². The van der Waals surface area contributed by atoms with Gasteiger partial charge in [0, 0.05) is 12.1 Å². The third-order valence-corrected chi connectivity index (χ3v) is 4.87. The average Bonchev–Trinajstić information content (AvgIpc) is 3.06. The number of fused-ring (bicyclic) bond motifs is 1. The first-order valence-electron chi connectivity index (χ1n) is 6.77. The molecule has 3 rings (SSSR count). The Hall–Kier alpha value is -1.82. The molecule has 0 bridgehead atoms. The van der Waals surface area contributed by atoms with Gasteiger partial charge in [0.05, 0.1) is 6.20 Å². The number of nitrogens with one attached hydrogen (secondary N) is 2. The molecule has 1 aliphatic rings. The molecule has 1 heterocycles. The van der Waals surface area contributed by atoms with Crippen molar-refractivity contribution >= 4 is 15.7 Å². The molecule has 0 spiro atoms. The fourth-order valence-electron chi connectivity index (χ4n) is 2.50. The van der Waals surface area contributed by atoms with Crippen molar-refractivity contribution in [2.45, 2.75) is 37.6 Å². The van der Waals surface area contributed by atoms with E-state index in [1.165, 1.54) is 17.3 Å². The van der Waals surface area contributed by atoms with Crippen molar-refractivity contribution in [2.75, 3.05) is 4.72 Å². The molecule has 0 unspecified atom stereocenters. The largest absolute Gasteiger partial charge is 0.332 e. The number of imidazole rings is 1.